The standard InChI is InChI=1S/C15H11Cl2NO/c16-12-7-5-10(9-13(12)17)6-8-15(19)11-3-1-2-4-14(11)18/h1-9H,18H2/b8-6+. The van der Waals surface area contributed by atoms with Crippen molar-refractivity contribution in [2.45, 2.75) is 0 Å². The van der Waals surface area contributed by atoms with Crippen LogP contribution in [-0.2, 0) is 0 Å². The average Bonchev–Trinajstić information content (AvgIpc) is 2.40. The SMILES string of the molecule is Nc1ccccc1C(=O)/C=C/c1ccc(Cl)c(Cl)c1. The van der Waals surface area contributed by atoms with Gasteiger partial charge in [-0.1, -0.05) is 47.5 Å². The van der Waals surface area contributed by atoms with Crippen molar-refractivity contribution in [2.24, 2.45) is 0 Å². The Bertz CT molecular complexity index is 650. The van der Waals surface area contributed by atoms with Crippen LogP contribution in [0.5, 0.6) is 0 Å². The quantitative estimate of drug-likeness (QED) is 0.515. The van der Waals surface area contributed by atoms with E-state index < -0.39 is 0 Å². The second-order valence-corrected chi connectivity index (χ2v) is 4.77. The van der Waals surface area contributed by atoms with Crippen LogP contribution in [0, 0.1) is 0 Å². The number of carbonyl (C=O) groups is 1. The summed E-state index contributed by atoms with van der Waals surface area (Å²) in [6.45, 7) is 0. The Labute approximate surface area is 121 Å². The molecule has 0 spiro atoms. The number of ketones is 1. The molecular formula is C15H11Cl2NO. The van der Waals surface area contributed by atoms with Crippen molar-refractivity contribution < 1.29 is 4.79 Å². The minimum atomic E-state index is -0.149. The van der Waals surface area contributed by atoms with E-state index in [0.717, 1.165) is 5.56 Å². The molecule has 96 valence electrons. The number of para-hydroxylation sites is 1. The van der Waals surface area contributed by atoms with Crippen molar-refractivity contribution >= 4 is 40.7 Å². The van der Waals surface area contributed by atoms with Crippen LogP contribution in [0.1, 0.15) is 15.9 Å². The van der Waals surface area contributed by atoms with Crippen molar-refractivity contribution in [2.75, 3.05) is 5.73 Å². The zero-order chi connectivity index (χ0) is 13.8. The molecule has 0 bridgehead atoms. The van der Waals surface area contributed by atoms with E-state index in [1.54, 1.807) is 48.5 Å². The molecular weight excluding hydrogens is 281 g/mol. The number of nitrogen functional groups attached to an aromatic ring is 1. The third-order valence-corrected chi connectivity index (χ3v) is 3.34. The molecule has 0 saturated heterocycles. The van der Waals surface area contributed by atoms with Gasteiger partial charge >= 0.3 is 0 Å². The maximum absolute atomic E-state index is 12.0. The Morgan fingerprint density at radius 3 is 2.47 bits per heavy atom. The summed E-state index contributed by atoms with van der Waals surface area (Å²) in [6, 6.07) is 12.1. The number of halogens is 2. The van der Waals surface area contributed by atoms with E-state index >= 15 is 0 Å². The number of anilines is 1. The topological polar surface area (TPSA) is 43.1 Å². The maximum Gasteiger partial charge on any atom is 0.187 e. The summed E-state index contributed by atoms with van der Waals surface area (Å²) in [5.74, 6) is -0.149. The summed E-state index contributed by atoms with van der Waals surface area (Å²) in [5, 5.41) is 0.938. The van der Waals surface area contributed by atoms with Crippen molar-refractivity contribution in [3.05, 3.63) is 69.7 Å². The number of carbonyl (C=O) groups excluding carboxylic acids is 1. The van der Waals surface area contributed by atoms with Crippen molar-refractivity contribution in [1.82, 2.24) is 0 Å². The van der Waals surface area contributed by atoms with Crippen LogP contribution in [0.2, 0.25) is 10.0 Å². The first-order valence-electron chi connectivity index (χ1n) is 5.60. The first-order valence-corrected chi connectivity index (χ1v) is 6.35. The predicted octanol–water partition coefficient (Wildman–Crippen LogP) is 4.47. The van der Waals surface area contributed by atoms with Crippen molar-refractivity contribution in [3.63, 3.8) is 0 Å². The van der Waals surface area contributed by atoms with E-state index in [1.165, 1.54) is 6.08 Å². The highest BCUT2D eigenvalue weighted by Crippen LogP contribution is 2.23. The summed E-state index contributed by atoms with van der Waals surface area (Å²) in [6.07, 6.45) is 3.14. The lowest BCUT2D eigenvalue weighted by Gasteiger charge is -2.00. The van der Waals surface area contributed by atoms with Crippen LogP contribution >= 0.6 is 23.2 Å². The highest BCUT2D eigenvalue weighted by atomic mass is 35.5. The largest absolute Gasteiger partial charge is 0.398 e. The van der Waals surface area contributed by atoms with Gasteiger partial charge in [-0.3, -0.25) is 4.79 Å². The normalized spacial score (nSPS) is 10.8. The molecule has 2 aromatic rings. The van der Waals surface area contributed by atoms with Gasteiger partial charge in [-0.25, -0.2) is 0 Å². The van der Waals surface area contributed by atoms with Gasteiger partial charge in [0.2, 0.25) is 0 Å². The molecule has 0 radical (unpaired) electrons. The van der Waals surface area contributed by atoms with E-state index in [4.69, 9.17) is 28.9 Å². The summed E-state index contributed by atoms with van der Waals surface area (Å²) in [7, 11) is 0. The van der Waals surface area contributed by atoms with Gasteiger partial charge in [-0.2, -0.15) is 0 Å². The summed E-state index contributed by atoms with van der Waals surface area (Å²) < 4.78 is 0. The number of hydrogen-bond donors (Lipinski definition) is 1. The minimum Gasteiger partial charge on any atom is -0.398 e. The Balaban J connectivity index is 2.21. The molecule has 19 heavy (non-hydrogen) atoms. The van der Waals surface area contributed by atoms with Gasteiger partial charge in [0.1, 0.15) is 0 Å². The number of allylic oxidation sites excluding steroid dienone is 1. The fourth-order valence-corrected chi connectivity index (χ4v) is 1.91. The lowest BCUT2D eigenvalue weighted by Crippen LogP contribution is -1.99. The van der Waals surface area contributed by atoms with E-state index in [9.17, 15) is 4.79 Å². The molecule has 2 nitrogen and oxygen atoms in total. The van der Waals surface area contributed by atoms with Crippen LogP contribution in [0.15, 0.2) is 48.5 Å². The Hall–Kier alpha value is -1.77. The van der Waals surface area contributed by atoms with Crippen molar-refractivity contribution in [3.8, 4) is 0 Å². The van der Waals surface area contributed by atoms with Gasteiger partial charge in [0.15, 0.2) is 5.78 Å². The predicted molar refractivity (Wildman–Crippen MR) is 80.7 cm³/mol. The first kappa shape index (κ1) is 13.7. The van der Waals surface area contributed by atoms with Crippen LogP contribution in [0.25, 0.3) is 6.08 Å². The molecule has 2 aromatic carbocycles. The Kier molecular flexibility index (Phi) is 4.25. The monoisotopic (exact) mass is 291 g/mol. The summed E-state index contributed by atoms with van der Waals surface area (Å²) >= 11 is 11.7. The minimum absolute atomic E-state index is 0.149. The molecule has 0 saturated carbocycles. The van der Waals surface area contributed by atoms with Gasteiger partial charge in [0.05, 0.1) is 10.0 Å². The van der Waals surface area contributed by atoms with E-state index in [2.05, 4.69) is 0 Å². The molecule has 0 heterocycles. The average molecular weight is 292 g/mol. The van der Waals surface area contributed by atoms with Gasteiger partial charge in [-0.05, 0) is 35.9 Å². The second kappa shape index (κ2) is 5.91. The van der Waals surface area contributed by atoms with Gasteiger partial charge in [0.25, 0.3) is 0 Å². The van der Waals surface area contributed by atoms with Crippen LogP contribution in [0.4, 0.5) is 5.69 Å². The highest BCUT2D eigenvalue weighted by molar-refractivity contribution is 6.42. The van der Waals surface area contributed by atoms with Gasteiger partial charge in [0, 0.05) is 11.3 Å². The van der Waals surface area contributed by atoms with Crippen molar-refractivity contribution in [1.29, 1.82) is 0 Å². The molecule has 0 atom stereocenters. The molecule has 0 unspecified atom stereocenters. The third-order valence-electron chi connectivity index (χ3n) is 2.60. The zero-order valence-corrected chi connectivity index (χ0v) is 11.4. The summed E-state index contributed by atoms with van der Waals surface area (Å²) in [5.41, 5.74) is 7.49. The fourth-order valence-electron chi connectivity index (χ4n) is 1.60. The lowest BCUT2D eigenvalue weighted by atomic mass is 10.1. The maximum atomic E-state index is 12.0. The smallest absolute Gasteiger partial charge is 0.187 e. The van der Waals surface area contributed by atoms with Crippen LogP contribution in [0.3, 0.4) is 0 Å². The number of benzene rings is 2. The molecule has 0 aromatic heterocycles. The molecule has 2 N–H and O–H groups in total. The molecule has 0 amide bonds. The van der Waals surface area contributed by atoms with Crippen LogP contribution in [-0.4, -0.2) is 5.78 Å². The molecule has 0 fully saturated rings. The molecule has 0 aliphatic rings. The highest BCUT2D eigenvalue weighted by Gasteiger charge is 2.05. The van der Waals surface area contributed by atoms with Crippen LogP contribution < -0.4 is 5.73 Å². The van der Waals surface area contributed by atoms with E-state index in [0.29, 0.717) is 21.3 Å². The van der Waals surface area contributed by atoms with E-state index in [-0.39, 0.29) is 5.78 Å². The lowest BCUT2D eigenvalue weighted by molar-refractivity contribution is 0.104. The Morgan fingerprint density at radius 2 is 1.79 bits per heavy atom. The molecule has 0 aliphatic heterocycles. The first-order chi connectivity index (χ1) is 9.08. The number of hydrogen-bond acceptors (Lipinski definition) is 2. The van der Waals surface area contributed by atoms with Gasteiger partial charge in [-0.15, -0.1) is 0 Å². The summed E-state index contributed by atoms with van der Waals surface area (Å²) in [4.78, 5) is 12.0. The third kappa shape index (κ3) is 3.37. The van der Waals surface area contributed by atoms with E-state index in [1.807, 2.05) is 0 Å². The number of rotatable bonds is 3. The second-order valence-electron chi connectivity index (χ2n) is 3.96. The zero-order valence-electron chi connectivity index (χ0n) is 9.94. The fraction of sp³-hybridized carbons (Fsp3) is 0. The number of nitrogens with two attached hydrogens (primary N) is 1. The molecule has 4 heteroatoms. The molecule has 2 rings (SSSR count). The van der Waals surface area contributed by atoms with Gasteiger partial charge < -0.3 is 5.73 Å². The Morgan fingerprint density at radius 1 is 1.05 bits per heavy atom. The molecule has 0 aliphatic carbocycles.